The lowest BCUT2D eigenvalue weighted by atomic mass is 10.1. The van der Waals surface area contributed by atoms with Gasteiger partial charge in [-0.2, -0.15) is 13.2 Å². The minimum Gasteiger partial charge on any atom is -0.352 e. The second-order valence-corrected chi connectivity index (χ2v) is 7.34. The number of halogens is 3. The number of anilines is 1. The summed E-state index contributed by atoms with van der Waals surface area (Å²) in [5.41, 5.74) is -0.711. The fourth-order valence-electron chi connectivity index (χ4n) is 3.27. The number of fused-ring (bicyclic) bond motifs is 1. The maximum absolute atomic E-state index is 12.8. The summed E-state index contributed by atoms with van der Waals surface area (Å²) in [4.78, 5) is 29.6. The molecule has 4 rings (SSSR count). The van der Waals surface area contributed by atoms with Gasteiger partial charge in [-0.05, 0) is 30.5 Å². The van der Waals surface area contributed by atoms with Crippen LogP contribution in [-0.2, 0) is 6.18 Å². The van der Waals surface area contributed by atoms with E-state index in [9.17, 15) is 18.0 Å². The first-order chi connectivity index (χ1) is 13.3. The number of hydrogen-bond acceptors (Lipinski definition) is 6. The first-order valence-electron chi connectivity index (χ1n) is 8.62. The van der Waals surface area contributed by atoms with Crippen molar-refractivity contribution >= 4 is 33.3 Å². The molecule has 0 N–H and O–H groups in total. The van der Waals surface area contributed by atoms with E-state index >= 15 is 0 Å². The highest BCUT2D eigenvalue weighted by Crippen LogP contribution is 2.29. The average Bonchev–Trinajstić information content (AvgIpc) is 3.16. The standard InChI is InChI=1S/C18H16F3N5OS/c1-11-12(2-3-14(24-11)18(19,20)21)17(27)26-7-5-25(6-8-26)15-13-4-9-28-16(13)23-10-22-15/h2-4,9-10H,5-8H2,1H3. The fourth-order valence-corrected chi connectivity index (χ4v) is 3.99. The van der Waals surface area contributed by atoms with Crippen molar-refractivity contribution < 1.29 is 18.0 Å². The number of aryl methyl sites for hydroxylation is 1. The molecular formula is C18H16F3N5OS. The van der Waals surface area contributed by atoms with Crippen molar-refractivity contribution in [3.8, 4) is 0 Å². The number of amides is 1. The third-order valence-corrected chi connectivity index (χ3v) is 5.53. The van der Waals surface area contributed by atoms with Crippen LogP contribution >= 0.6 is 11.3 Å². The van der Waals surface area contributed by atoms with Gasteiger partial charge in [-0.3, -0.25) is 4.79 Å². The van der Waals surface area contributed by atoms with Crippen molar-refractivity contribution in [3.05, 3.63) is 46.9 Å². The monoisotopic (exact) mass is 407 g/mol. The van der Waals surface area contributed by atoms with Gasteiger partial charge in [0.15, 0.2) is 0 Å². The van der Waals surface area contributed by atoms with Crippen LogP contribution in [0.2, 0.25) is 0 Å². The summed E-state index contributed by atoms with van der Waals surface area (Å²) in [5, 5.41) is 2.94. The van der Waals surface area contributed by atoms with Gasteiger partial charge in [-0.1, -0.05) is 0 Å². The number of carbonyl (C=O) groups is 1. The highest BCUT2D eigenvalue weighted by molar-refractivity contribution is 7.16. The molecule has 4 heterocycles. The maximum Gasteiger partial charge on any atom is 0.433 e. The number of alkyl halides is 3. The highest BCUT2D eigenvalue weighted by Gasteiger charge is 2.33. The van der Waals surface area contributed by atoms with Crippen molar-refractivity contribution in [2.75, 3.05) is 31.1 Å². The molecule has 1 saturated heterocycles. The lowest BCUT2D eigenvalue weighted by molar-refractivity contribution is -0.141. The lowest BCUT2D eigenvalue weighted by Crippen LogP contribution is -2.49. The summed E-state index contributed by atoms with van der Waals surface area (Å²) in [5.74, 6) is 0.535. The molecule has 0 bridgehead atoms. The zero-order chi connectivity index (χ0) is 19.9. The normalized spacial score (nSPS) is 15.3. The van der Waals surface area contributed by atoms with Crippen LogP contribution in [0.1, 0.15) is 21.7 Å². The molecule has 6 nitrogen and oxygen atoms in total. The molecule has 28 heavy (non-hydrogen) atoms. The Balaban J connectivity index is 1.48. The predicted molar refractivity (Wildman–Crippen MR) is 99.5 cm³/mol. The van der Waals surface area contributed by atoms with Crippen molar-refractivity contribution in [1.82, 2.24) is 19.9 Å². The molecule has 0 unspecified atom stereocenters. The van der Waals surface area contributed by atoms with Gasteiger partial charge in [0, 0.05) is 26.2 Å². The number of hydrogen-bond donors (Lipinski definition) is 0. The first kappa shape index (κ1) is 18.6. The van der Waals surface area contributed by atoms with Crippen molar-refractivity contribution in [1.29, 1.82) is 0 Å². The van der Waals surface area contributed by atoms with Crippen LogP contribution in [-0.4, -0.2) is 51.9 Å². The zero-order valence-corrected chi connectivity index (χ0v) is 15.7. The molecule has 1 aliphatic heterocycles. The third-order valence-electron chi connectivity index (χ3n) is 4.71. The van der Waals surface area contributed by atoms with Crippen LogP contribution in [0.25, 0.3) is 10.2 Å². The quantitative estimate of drug-likeness (QED) is 0.652. The summed E-state index contributed by atoms with van der Waals surface area (Å²) >= 11 is 1.54. The first-order valence-corrected chi connectivity index (χ1v) is 9.50. The van der Waals surface area contributed by atoms with Crippen LogP contribution in [0, 0.1) is 6.92 Å². The topological polar surface area (TPSA) is 62.2 Å². The summed E-state index contributed by atoms with van der Waals surface area (Å²) in [6.45, 7) is 3.50. The van der Waals surface area contributed by atoms with E-state index < -0.39 is 11.9 Å². The Hall–Kier alpha value is -2.75. The largest absolute Gasteiger partial charge is 0.433 e. The van der Waals surface area contributed by atoms with E-state index in [1.807, 2.05) is 11.4 Å². The van der Waals surface area contributed by atoms with E-state index in [1.54, 1.807) is 16.2 Å². The van der Waals surface area contributed by atoms with Crippen LogP contribution < -0.4 is 4.90 Å². The summed E-state index contributed by atoms with van der Waals surface area (Å²) in [6, 6.07) is 4.04. The summed E-state index contributed by atoms with van der Waals surface area (Å²) in [6.07, 6.45) is -2.99. The molecule has 0 radical (unpaired) electrons. The number of thiophene rings is 1. The molecule has 0 spiro atoms. The Morgan fingerprint density at radius 2 is 1.86 bits per heavy atom. The smallest absolute Gasteiger partial charge is 0.352 e. The molecule has 0 atom stereocenters. The van der Waals surface area contributed by atoms with E-state index in [1.165, 1.54) is 19.3 Å². The Bertz CT molecular complexity index is 1030. The van der Waals surface area contributed by atoms with Crippen LogP contribution in [0.15, 0.2) is 29.9 Å². The second kappa shape index (κ2) is 7.01. The van der Waals surface area contributed by atoms with E-state index in [0.717, 1.165) is 22.1 Å². The molecule has 10 heteroatoms. The summed E-state index contributed by atoms with van der Waals surface area (Å²) in [7, 11) is 0. The minimum absolute atomic E-state index is 0.0815. The van der Waals surface area contributed by atoms with Gasteiger partial charge < -0.3 is 9.80 Å². The van der Waals surface area contributed by atoms with E-state index in [-0.39, 0.29) is 17.2 Å². The van der Waals surface area contributed by atoms with Crippen molar-refractivity contribution in [3.63, 3.8) is 0 Å². The lowest BCUT2D eigenvalue weighted by Gasteiger charge is -2.35. The molecule has 0 aliphatic carbocycles. The van der Waals surface area contributed by atoms with Crippen molar-refractivity contribution in [2.45, 2.75) is 13.1 Å². The van der Waals surface area contributed by atoms with Crippen LogP contribution in [0.4, 0.5) is 19.0 Å². The molecular weight excluding hydrogens is 391 g/mol. The van der Waals surface area contributed by atoms with Gasteiger partial charge >= 0.3 is 6.18 Å². The molecule has 3 aromatic heterocycles. The van der Waals surface area contributed by atoms with Gasteiger partial charge in [-0.15, -0.1) is 11.3 Å². The molecule has 0 saturated carbocycles. The Kier molecular flexibility index (Phi) is 4.66. The van der Waals surface area contributed by atoms with Crippen LogP contribution in [0.5, 0.6) is 0 Å². The molecule has 146 valence electrons. The highest BCUT2D eigenvalue weighted by atomic mass is 32.1. The maximum atomic E-state index is 12.8. The van der Waals surface area contributed by atoms with E-state index in [4.69, 9.17) is 0 Å². The Morgan fingerprint density at radius 1 is 1.11 bits per heavy atom. The zero-order valence-electron chi connectivity index (χ0n) is 14.9. The molecule has 1 amide bonds. The van der Waals surface area contributed by atoms with E-state index in [2.05, 4.69) is 19.9 Å². The number of rotatable bonds is 2. The molecule has 1 fully saturated rings. The van der Waals surface area contributed by atoms with Gasteiger partial charge in [-0.25, -0.2) is 15.0 Å². The number of nitrogens with zero attached hydrogens (tertiary/aromatic N) is 5. The minimum atomic E-state index is -4.53. The van der Waals surface area contributed by atoms with Gasteiger partial charge in [0.2, 0.25) is 0 Å². The predicted octanol–water partition coefficient (Wildman–Crippen LogP) is 3.38. The second-order valence-electron chi connectivity index (χ2n) is 6.44. The van der Waals surface area contributed by atoms with Gasteiger partial charge in [0.05, 0.1) is 16.6 Å². The number of pyridine rings is 1. The molecule has 1 aliphatic rings. The molecule has 0 aromatic carbocycles. The van der Waals surface area contributed by atoms with E-state index in [0.29, 0.717) is 26.2 Å². The van der Waals surface area contributed by atoms with Crippen molar-refractivity contribution in [2.24, 2.45) is 0 Å². The Morgan fingerprint density at radius 3 is 2.54 bits per heavy atom. The fraction of sp³-hybridized carbons (Fsp3) is 0.333. The SMILES string of the molecule is Cc1nc(C(F)(F)F)ccc1C(=O)N1CCN(c2ncnc3sccc23)CC1. The molecule has 3 aromatic rings. The number of aromatic nitrogens is 3. The van der Waals surface area contributed by atoms with Gasteiger partial charge in [0.25, 0.3) is 5.91 Å². The third kappa shape index (κ3) is 3.39. The summed E-state index contributed by atoms with van der Waals surface area (Å²) < 4.78 is 38.3. The van der Waals surface area contributed by atoms with Crippen LogP contribution in [0.3, 0.4) is 0 Å². The average molecular weight is 407 g/mol. The number of carbonyl (C=O) groups excluding carboxylic acids is 1. The van der Waals surface area contributed by atoms with Gasteiger partial charge in [0.1, 0.15) is 22.7 Å². The Labute approximate surface area is 162 Å². The number of piperazine rings is 1.